The fourth-order valence-corrected chi connectivity index (χ4v) is 7.40. The zero-order chi connectivity index (χ0) is 29.0. The number of pyridine rings is 3. The summed E-state index contributed by atoms with van der Waals surface area (Å²) in [5.74, 6) is 2.49. The van der Waals surface area contributed by atoms with Crippen LogP contribution in [0.25, 0.3) is 16.6 Å². The van der Waals surface area contributed by atoms with Gasteiger partial charge in [-0.1, -0.05) is 6.07 Å². The highest BCUT2D eigenvalue weighted by atomic mass is 79.9. The average molecular weight is 647 g/mol. The molecule has 9 rings (SSSR count). The van der Waals surface area contributed by atoms with Crippen molar-refractivity contribution in [2.75, 3.05) is 57.9 Å². The fourth-order valence-electron chi connectivity index (χ4n) is 6.91. The summed E-state index contributed by atoms with van der Waals surface area (Å²) in [6.45, 7) is 7.22. The molecule has 0 amide bonds. The minimum atomic E-state index is 0.133. The molecule has 1 spiro atoms. The van der Waals surface area contributed by atoms with E-state index in [1.54, 1.807) is 7.11 Å². The summed E-state index contributed by atoms with van der Waals surface area (Å²) < 4.78 is 20.3. The lowest BCUT2D eigenvalue weighted by Gasteiger charge is -2.56. The zero-order valence-corrected chi connectivity index (χ0v) is 25.9. The molecule has 5 fully saturated rings. The SMILES string of the molecule is COc1ccc(CN2C3CC2CN(c2ccc(-c4cc(OCCN5CCOC6(CC6)C5)cn5ncc(Br)c45)cn2)C3)cn1. The Hall–Kier alpha value is -3.25. The average Bonchev–Trinajstić information content (AvgIpc) is 3.68. The van der Waals surface area contributed by atoms with Gasteiger partial charge in [-0.15, -0.1) is 0 Å². The van der Waals surface area contributed by atoms with Crippen LogP contribution >= 0.6 is 15.9 Å². The van der Waals surface area contributed by atoms with Crippen molar-refractivity contribution in [3.05, 3.63) is 65.2 Å². The van der Waals surface area contributed by atoms with Crippen LogP contribution in [0.2, 0.25) is 0 Å². The number of methoxy groups -OCH3 is 1. The van der Waals surface area contributed by atoms with Gasteiger partial charge in [-0.25, -0.2) is 14.5 Å². The molecule has 4 aliphatic heterocycles. The number of fused-ring (bicyclic) bond motifs is 3. The highest BCUT2D eigenvalue weighted by Gasteiger charge is 2.47. The van der Waals surface area contributed by atoms with E-state index in [1.165, 1.54) is 24.8 Å². The predicted octanol–water partition coefficient (Wildman–Crippen LogP) is 4.27. The number of morpholine rings is 1. The number of nitrogens with zero attached hydrogens (tertiary/aromatic N) is 7. The molecule has 2 atom stereocenters. The van der Waals surface area contributed by atoms with Crippen LogP contribution in [0.1, 0.15) is 24.8 Å². The Kier molecular flexibility index (Phi) is 7.01. The van der Waals surface area contributed by atoms with Crippen LogP contribution < -0.4 is 14.4 Å². The molecule has 5 aliphatic rings. The van der Waals surface area contributed by atoms with Crippen LogP contribution in [0.4, 0.5) is 5.82 Å². The summed E-state index contributed by atoms with van der Waals surface area (Å²) in [6, 6.07) is 11.6. The summed E-state index contributed by atoms with van der Waals surface area (Å²) in [6.07, 6.45) is 11.3. The second-order valence-corrected chi connectivity index (χ2v) is 13.1. The molecular weight excluding hydrogens is 610 g/mol. The lowest BCUT2D eigenvalue weighted by molar-refractivity contribution is -0.0483. The third-order valence-corrected chi connectivity index (χ3v) is 10.0. The molecule has 224 valence electrons. The van der Waals surface area contributed by atoms with Gasteiger partial charge in [0, 0.05) is 80.9 Å². The van der Waals surface area contributed by atoms with Gasteiger partial charge in [-0.3, -0.25) is 9.80 Å². The minimum Gasteiger partial charge on any atom is -0.491 e. The Morgan fingerprint density at radius 3 is 2.70 bits per heavy atom. The fraction of sp³-hybridized carbons (Fsp3) is 0.469. The van der Waals surface area contributed by atoms with Gasteiger partial charge in [-0.2, -0.15) is 5.10 Å². The molecule has 11 heteroatoms. The predicted molar refractivity (Wildman–Crippen MR) is 167 cm³/mol. The number of aromatic nitrogens is 4. The topological polar surface area (TPSA) is 80.5 Å². The Balaban J connectivity index is 0.937. The smallest absolute Gasteiger partial charge is 0.212 e. The molecule has 1 aliphatic carbocycles. The second-order valence-electron chi connectivity index (χ2n) is 12.3. The van der Waals surface area contributed by atoms with Gasteiger partial charge < -0.3 is 19.1 Å². The molecule has 0 N–H and O–H groups in total. The highest BCUT2D eigenvalue weighted by molar-refractivity contribution is 9.10. The van der Waals surface area contributed by atoms with Crippen LogP contribution in [0, 0.1) is 0 Å². The Morgan fingerprint density at radius 1 is 1.07 bits per heavy atom. The third kappa shape index (κ3) is 5.37. The molecule has 10 nitrogen and oxygen atoms in total. The molecule has 43 heavy (non-hydrogen) atoms. The standard InChI is InChI=1S/C32H36BrN7O3/c1-41-30-5-2-22(14-35-30)17-39-24-12-25(39)19-38(18-24)29-4-3-23(15-34-29)27-13-26(20-40-31(27)28(33)16-36-40)42-10-8-37-9-11-43-32(21-37)6-7-32/h2-5,13-16,20,24-25H,6-12,17-19,21H2,1H3. The molecule has 4 saturated heterocycles. The summed E-state index contributed by atoms with van der Waals surface area (Å²) in [7, 11) is 1.65. The third-order valence-electron chi connectivity index (χ3n) is 9.45. The molecule has 4 aromatic rings. The lowest BCUT2D eigenvalue weighted by atomic mass is 9.87. The van der Waals surface area contributed by atoms with Gasteiger partial charge in [0.25, 0.3) is 0 Å². The van der Waals surface area contributed by atoms with Crippen LogP contribution in [-0.2, 0) is 11.3 Å². The molecule has 0 radical (unpaired) electrons. The van der Waals surface area contributed by atoms with Gasteiger partial charge >= 0.3 is 0 Å². The van der Waals surface area contributed by atoms with Crippen LogP contribution in [0.5, 0.6) is 11.6 Å². The van der Waals surface area contributed by atoms with Gasteiger partial charge in [0.05, 0.1) is 41.7 Å². The minimum absolute atomic E-state index is 0.133. The van der Waals surface area contributed by atoms with Gasteiger partial charge in [0.15, 0.2) is 0 Å². The van der Waals surface area contributed by atoms with Crippen molar-refractivity contribution < 1.29 is 14.2 Å². The van der Waals surface area contributed by atoms with Crippen molar-refractivity contribution in [1.29, 1.82) is 0 Å². The molecule has 4 aromatic heterocycles. The first-order valence-corrected chi connectivity index (χ1v) is 16.0. The molecule has 0 aromatic carbocycles. The highest BCUT2D eigenvalue weighted by Crippen LogP contribution is 2.42. The first kappa shape index (κ1) is 27.3. The maximum atomic E-state index is 6.27. The summed E-state index contributed by atoms with van der Waals surface area (Å²) in [5, 5.41) is 4.56. The number of hydrogen-bond donors (Lipinski definition) is 0. The second kappa shape index (κ2) is 11.0. The number of halogens is 1. The monoisotopic (exact) mass is 645 g/mol. The Morgan fingerprint density at radius 2 is 1.95 bits per heavy atom. The first-order chi connectivity index (χ1) is 21.1. The van der Waals surface area contributed by atoms with Crippen molar-refractivity contribution in [1.82, 2.24) is 29.4 Å². The van der Waals surface area contributed by atoms with E-state index in [9.17, 15) is 0 Å². The van der Waals surface area contributed by atoms with Crippen molar-refractivity contribution in [3.8, 4) is 22.8 Å². The zero-order valence-electron chi connectivity index (χ0n) is 24.4. The Labute approximate surface area is 259 Å². The van der Waals surface area contributed by atoms with Crippen LogP contribution in [0.15, 0.2) is 59.6 Å². The molecule has 1 saturated carbocycles. The van der Waals surface area contributed by atoms with E-state index in [1.807, 2.05) is 35.4 Å². The van der Waals surface area contributed by atoms with E-state index in [-0.39, 0.29) is 5.60 Å². The molecule has 2 unspecified atom stereocenters. The number of anilines is 1. The van der Waals surface area contributed by atoms with E-state index in [4.69, 9.17) is 19.2 Å². The first-order valence-electron chi connectivity index (χ1n) is 15.2. The number of rotatable bonds is 9. The lowest BCUT2D eigenvalue weighted by Crippen LogP contribution is -2.68. The maximum absolute atomic E-state index is 6.27. The van der Waals surface area contributed by atoms with Crippen LogP contribution in [-0.4, -0.2) is 100 Å². The van der Waals surface area contributed by atoms with Crippen molar-refractivity contribution in [2.45, 2.75) is 43.5 Å². The molecule has 8 heterocycles. The van der Waals surface area contributed by atoms with Gasteiger partial charge in [0.2, 0.25) is 5.88 Å². The summed E-state index contributed by atoms with van der Waals surface area (Å²) in [5.41, 5.74) is 4.45. The Bertz CT molecular complexity index is 1600. The van der Waals surface area contributed by atoms with Crippen molar-refractivity contribution in [3.63, 3.8) is 0 Å². The van der Waals surface area contributed by atoms with E-state index in [0.717, 1.165) is 78.6 Å². The largest absolute Gasteiger partial charge is 0.491 e. The quantitative estimate of drug-likeness (QED) is 0.265. The van der Waals surface area contributed by atoms with Gasteiger partial charge in [-0.05, 0) is 59.0 Å². The molecule has 2 bridgehead atoms. The van der Waals surface area contributed by atoms with E-state index >= 15 is 0 Å². The van der Waals surface area contributed by atoms with Gasteiger partial charge in [0.1, 0.15) is 18.2 Å². The van der Waals surface area contributed by atoms with E-state index in [0.29, 0.717) is 24.6 Å². The van der Waals surface area contributed by atoms with Crippen molar-refractivity contribution in [2.24, 2.45) is 0 Å². The summed E-state index contributed by atoms with van der Waals surface area (Å²) >= 11 is 3.70. The normalized spacial score (nSPS) is 23.0. The van der Waals surface area contributed by atoms with Crippen molar-refractivity contribution >= 4 is 27.3 Å². The number of hydrogen-bond acceptors (Lipinski definition) is 9. The molecular formula is C32H36BrN7O3. The number of piperazine rings is 1. The van der Waals surface area contributed by atoms with Crippen LogP contribution in [0.3, 0.4) is 0 Å². The van der Waals surface area contributed by atoms with E-state index in [2.05, 4.69) is 65.0 Å². The number of piperidine rings is 1. The summed E-state index contributed by atoms with van der Waals surface area (Å²) in [4.78, 5) is 16.8. The number of ether oxygens (including phenoxy) is 3. The van der Waals surface area contributed by atoms with E-state index < -0.39 is 0 Å². The maximum Gasteiger partial charge on any atom is 0.212 e.